The lowest BCUT2D eigenvalue weighted by Crippen LogP contribution is -2.42. The molecule has 0 spiro atoms. The van der Waals surface area contributed by atoms with E-state index in [1.807, 2.05) is 0 Å². The number of rotatable bonds is 5. The second kappa shape index (κ2) is 6.38. The van der Waals surface area contributed by atoms with Gasteiger partial charge in [-0.1, -0.05) is 12.1 Å². The van der Waals surface area contributed by atoms with Gasteiger partial charge in [0.1, 0.15) is 13.1 Å². The number of carboxylic acids is 1. The number of carbonyl (C=O) groups excluding carboxylic acids is 1. The molecule has 0 aliphatic rings. The highest BCUT2D eigenvalue weighted by molar-refractivity contribution is 5.95. The van der Waals surface area contributed by atoms with Crippen LogP contribution in [0.3, 0.4) is 0 Å². The molecule has 3 N–H and O–H groups in total. The summed E-state index contributed by atoms with van der Waals surface area (Å²) in [4.78, 5) is 22.7. The maximum Gasteiger partial charge on any atom is 0.406 e. The molecule has 0 atom stereocenters. The van der Waals surface area contributed by atoms with Gasteiger partial charge in [-0.15, -0.1) is 0 Å². The van der Waals surface area contributed by atoms with Crippen LogP contribution in [0, 0.1) is 0 Å². The lowest BCUT2D eigenvalue weighted by Gasteiger charge is -2.22. The van der Waals surface area contributed by atoms with Gasteiger partial charge in [-0.05, 0) is 17.7 Å². The average molecular weight is 290 g/mol. The monoisotopic (exact) mass is 290 g/mol. The zero-order valence-electron chi connectivity index (χ0n) is 10.4. The zero-order chi connectivity index (χ0) is 15.3. The van der Waals surface area contributed by atoms with Crippen molar-refractivity contribution >= 4 is 11.9 Å². The van der Waals surface area contributed by atoms with E-state index in [1.165, 1.54) is 24.3 Å². The minimum absolute atomic E-state index is 0.0206. The Bertz CT molecular complexity index is 486. The first-order valence-electron chi connectivity index (χ1n) is 5.60. The van der Waals surface area contributed by atoms with Crippen LogP contribution in [0.1, 0.15) is 15.9 Å². The molecule has 1 aromatic carbocycles. The topological polar surface area (TPSA) is 83.6 Å². The van der Waals surface area contributed by atoms with Crippen LogP contribution < -0.4 is 5.73 Å². The van der Waals surface area contributed by atoms with Gasteiger partial charge >= 0.3 is 12.1 Å². The summed E-state index contributed by atoms with van der Waals surface area (Å²) in [7, 11) is 0. The van der Waals surface area contributed by atoms with E-state index >= 15 is 0 Å². The second-order valence-electron chi connectivity index (χ2n) is 4.07. The van der Waals surface area contributed by atoms with Crippen LogP contribution in [0.2, 0.25) is 0 Å². The van der Waals surface area contributed by atoms with E-state index in [2.05, 4.69) is 0 Å². The van der Waals surface area contributed by atoms with E-state index in [9.17, 15) is 22.8 Å². The Labute approximate surface area is 112 Å². The van der Waals surface area contributed by atoms with Crippen molar-refractivity contribution in [2.75, 3.05) is 13.1 Å². The third kappa shape index (κ3) is 4.88. The summed E-state index contributed by atoms with van der Waals surface area (Å²) in [6.07, 6.45) is -4.66. The minimum Gasteiger partial charge on any atom is -0.480 e. The normalized spacial score (nSPS) is 11.2. The van der Waals surface area contributed by atoms with Crippen molar-refractivity contribution in [2.24, 2.45) is 5.73 Å². The van der Waals surface area contributed by atoms with Crippen LogP contribution >= 0.6 is 0 Å². The van der Waals surface area contributed by atoms with Crippen molar-refractivity contribution in [1.82, 2.24) is 4.90 Å². The Morgan fingerprint density at radius 3 is 2.15 bits per heavy atom. The Balaban J connectivity index is 2.93. The highest BCUT2D eigenvalue weighted by atomic mass is 19.4. The summed E-state index contributed by atoms with van der Waals surface area (Å²) in [5.74, 6) is -2.51. The fourth-order valence-corrected chi connectivity index (χ4v) is 1.55. The fourth-order valence-electron chi connectivity index (χ4n) is 1.55. The van der Waals surface area contributed by atoms with Crippen LogP contribution in [-0.2, 0) is 11.3 Å². The molecule has 110 valence electrons. The molecule has 8 heteroatoms. The van der Waals surface area contributed by atoms with Crippen LogP contribution in [0.15, 0.2) is 24.3 Å². The number of hydrogen-bond acceptors (Lipinski definition) is 3. The SMILES string of the molecule is NCc1ccc(C(=O)N(CC(=O)O)CC(F)(F)F)cc1. The molecule has 5 nitrogen and oxygen atoms in total. The second-order valence-corrected chi connectivity index (χ2v) is 4.07. The summed E-state index contributed by atoms with van der Waals surface area (Å²) in [5.41, 5.74) is 6.05. The summed E-state index contributed by atoms with van der Waals surface area (Å²) in [6.45, 7) is -2.40. The predicted octanol–water partition coefficient (Wildman–Crippen LogP) is 1.23. The predicted molar refractivity (Wildman–Crippen MR) is 63.9 cm³/mol. The number of aliphatic carboxylic acids is 1. The molecule has 0 bridgehead atoms. The Morgan fingerprint density at radius 2 is 1.75 bits per heavy atom. The van der Waals surface area contributed by atoms with Crippen LogP contribution in [0.4, 0.5) is 13.2 Å². The lowest BCUT2D eigenvalue weighted by molar-refractivity contribution is -0.149. The largest absolute Gasteiger partial charge is 0.480 e. The standard InChI is InChI=1S/C12H13F3N2O3/c13-12(14,15)7-17(6-10(18)19)11(20)9-3-1-8(5-16)2-4-9/h1-4H,5-7,16H2,(H,18,19). The smallest absolute Gasteiger partial charge is 0.406 e. The summed E-state index contributed by atoms with van der Waals surface area (Å²) < 4.78 is 37.0. The van der Waals surface area contributed by atoms with Gasteiger partial charge in [-0.3, -0.25) is 9.59 Å². The van der Waals surface area contributed by atoms with Gasteiger partial charge in [-0.2, -0.15) is 13.2 Å². The molecular weight excluding hydrogens is 277 g/mol. The van der Waals surface area contributed by atoms with Crippen molar-refractivity contribution in [2.45, 2.75) is 12.7 Å². The first-order valence-corrected chi connectivity index (χ1v) is 5.60. The number of hydrogen-bond donors (Lipinski definition) is 2. The molecule has 0 radical (unpaired) electrons. The number of carboxylic acid groups (broad SMARTS) is 1. The first kappa shape index (κ1) is 16.0. The maximum absolute atomic E-state index is 12.3. The van der Waals surface area contributed by atoms with E-state index in [4.69, 9.17) is 10.8 Å². The van der Waals surface area contributed by atoms with Gasteiger partial charge in [0.2, 0.25) is 0 Å². The van der Waals surface area contributed by atoms with Crippen LogP contribution in [0.25, 0.3) is 0 Å². The van der Waals surface area contributed by atoms with Crippen molar-refractivity contribution < 1.29 is 27.9 Å². The van der Waals surface area contributed by atoms with Crippen molar-refractivity contribution in [3.8, 4) is 0 Å². The number of benzene rings is 1. The van der Waals surface area contributed by atoms with E-state index in [0.717, 1.165) is 0 Å². The van der Waals surface area contributed by atoms with Gasteiger partial charge in [0.15, 0.2) is 0 Å². The number of carbonyl (C=O) groups is 2. The van der Waals surface area contributed by atoms with Gasteiger partial charge < -0.3 is 15.7 Å². The molecule has 0 heterocycles. The number of alkyl halides is 3. The van der Waals surface area contributed by atoms with E-state index in [0.29, 0.717) is 5.56 Å². The maximum atomic E-state index is 12.3. The highest BCUT2D eigenvalue weighted by Crippen LogP contribution is 2.18. The Kier molecular flexibility index (Phi) is 5.09. The van der Waals surface area contributed by atoms with Gasteiger partial charge in [0.25, 0.3) is 5.91 Å². The molecule has 1 amide bonds. The van der Waals surface area contributed by atoms with Crippen molar-refractivity contribution in [3.63, 3.8) is 0 Å². The molecule has 20 heavy (non-hydrogen) atoms. The van der Waals surface area contributed by atoms with Crippen LogP contribution in [0.5, 0.6) is 0 Å². The summed E-state index contributed by atoms with van der Waals surface area (Å²) in [5, 5.41) is 8.58. The Morgan fingerprint density at radius 1 is 1.20 bits per heavy atom. The van der Waals surface area contributed by atoms with Crippen LogP contribution in [-0.4, -0.2) is 41.1 Å². The molecule has 0 unspecified atom stereocenters. The molecule has 0 aromatic heterocycles. The van der Waals surface area contributed by atoms with Gasteiger partial charge in [0, 0.05) is 12.1 Å². The first-order chi connectivity index (χ1) is 9.23. The molecule has 0 aliphatic carbocycles. The lowest BCUT2D eigenvalue weighted by atomic mass is 10.1. The van der Waals surface area contributed by atoms with E-state index in [1.54, 1.807) is 0 Å². The third-order valence-corrected chi connectivity index (χ3v) is 2.42. The summed E-state index contributed by atoms with van der Waals surface area (Å²) >= 11 is 0. The molecule has 1 rings (SSSR count). The molecule has 0 aliphatic heterocycles. The van der Waals surface area contributed by atoms with E-state index in [-0.39, 0.29) is 17.0 Å². The van der Waals surface area contributed by atoms with Crippen molar-refractivity contribution in [1.29, 1.82) is 0 Å². The minimum atomic E-state index is -4.66. The number of nitrogens with two attached hydrogens (primary N) is 1. The van der Waals surface area contributed by atoms with Gasteiger partial charge in [0.05, 0.1) is 0 Å². The molecule has 1 aromatic rings. The molecule has 0 fully saturated rings. The summed E-state index contributed by atoms with van der Waals surface area (Å²) in [6, 6.07) is 5.63. The number of amides is 1. The number of nitrogens with zero attached hydrogens (tertiary/aromatic N) is 1. The fraction of sp³-hybridized carbons (Fsp3) is 0.333. The van der Waals surface area contributed by atoms with Gasteiger partial charge in [-0.25, -0.2) is 0 Å². The number of halogens is 3. The highest BCUT2D eigenvalue weighted by Gasteiger charge is 2.34. The average Bonchev–Trinajstić information content (AvgIpc) is 2.35. The third-order valence-electron chi connectivity index (χ3n) is 2.42. The Hall–Kier alpha value is -2.09. The molecule has 0 saturated heterocycles. The van der Waals surface area contributed by atoms with E-state index < -0.39 is 31.1 Å². The molecule has 0 saturated carbocycles. The molecular formula is C12H13F3N2O3. The zero-order valence-corrected chi connectivity index (χ0v) is 10.4. The van der Waals surface area contributed by atoms with Crippen molar-refractivity contribution in [3.05, 3.63) is 35.4 Å². The quantitative estimate of drug-likeness (QED) is 0.854.